The Kier molecular flexibility index (Phi) is 4.93. The minimum Gasteiger partial charge on any atom is -0.402 e. The number of hydrogen-bond donors (Lipinski definition) is 3. The van der Waals surface area contributed by atoms with Crippen LogP contribution in [0.2, 0.25) is 5.21 Å². The van der Waals surface area contributed by atoms with Crippen LogP contribution in [0.15, 0.2) is 23.2 Å². The van der Waals surface area contributed by atoms with Gasteiger partial charge in [-0.25, -0.2) is 4.39 Å². The summed E-state index contributed by atoms with van der Waals surface area (Å²) in [6.45, 7) is 3.05. The Morgan fingerprint density at radius 3 is 2.38 bits per heavy atom. The van der Waals surface area contributed by atoms with E-state index in [4.69, 9.17) is 39.2 Å². The van der Waals surface area contributed by atoms with Gasteiger partial charge in [0.2, 0.25) is 0 Å². The molecule has 0 saturated heterocycles. The van der Waals surface area contributed by atoms with Crippen LogP contribution in [0.5, 0.6) is 0 Å². The number of alkyl halides is 1. The zero-order valence-electron chi connectivity index (χ0n) is 18.1. The first-order chi connectivity index (χ1) is 14.4. The van der Waals surface area contributed by atoms with Crippen LogP contribution in [-0.4, -0.2) is 88.9 Å². The predicted octanol–water partition coefficient (Wildman–Crippen LogP) is -0.800. The minimum absolute atomic E-state index is 0.0292. The molecule has 3 N–H and O–H groups in total. The lowest BCUT2D eigenvalue weighted by molar-refractivity contribution is -0.219. The molecule has 5 nitrogen and oxygen atoms in total. The molecule has 10 radical (unpaired) electrons. The fourth-order valence-electron chi connectivity index (χ4n) is 7.39. The maximum atomic E-state index is 17.2. The van der Waals surface area contributed by atoms with Gasteiger partial charge in [-0.15, -0.1) is 0 Å². The van der Waals surface area contributed by atoms with Crippen molar-refractivity contribution in [2.24, 2.45) is 22.7 Å². The third-order valence-electron chi connectivity index (χ3n) is 8.89. The van der Waals surface area contributed by atoms with Crippen molar-refractivity contribution < 1.29 is 29.3 Å². The van der Waals surface area contributed by atoms with Crippen molar-refractivity contribution in [2.45, 2.75) is 67.5 Å². The number of ketones is 2. The molecule has 0 bridgehead atoms. The number of fused-ring (bicyclic) bond motifs is 5. The van der Waals surface area contributed by atoms with Gasteiger partial charge in [-0.2, -0.15) is 0 Å². The molecule has 3 saturated carbocycles. The molecule has 0 aliphatic heterocycles. The van der Waals surface area contributed by atoms with Gasteiger partial charge < -0.3 is 15.3 Å². The van der Waals surface area contributed by atoms with Gasteiger partial charge in [0.15, 0.2) is 17.2 Å². The van der Waals surface area contributed by atoms with E-state index in [2.05, 4.69) is 0 Å². The van der Waals surface area contributed by atoms with Gasteiger partial charge >= 0.3 is 0 Å². The number of rotatable bonds is 2. The van der Waals surface area contributed by atoms with Crippen molar-refractivity contribution in [2.75, 3.05) is 0 Å². The van der Waals surface area contributed by atoms with Gasteiger partial charge in [0.05, 0.1) is 21.8 Å². The lowest BCUT2D eigenvalue weighted by Gasteiger charge is -2.66. The van der Waals surface area contributed by atoms with Crippen molar-refractivity contribution in [3.8, 4) is 0 Å². The van der Waals surface area contributed by atoms with Crippen LogP contribution in [0, 0.1) is 22.7 Å². The second-order valence-electron chi connectivity index (χ2n) is 10.6. The van der Waals surface area contributed by atoms with E-state index in [9.17, 15) is 24.9 Å². The van der Waals surface area contributed by atoms with Gasteiger partial charge in [-0.05, 0) is 44.1 Å². The molecule has 158 valence electrons. The van der Waals surface area contributed by atoms with Crippen LogP contribution < -0.4 is 0 Å². The van der Waals surface area contributed by atoms with E-state index in [0.29, 0.717) is 0 Å². The highest BCUT2D eigenvalue weighted by Gasteiger charge is 2.76. The first kappa shape index (κ1) is 24.1. The van der Waals surface area contributed by atoms with Crippen molar-refractivity contribution in [3.05, 3.63) is 23.2 Å². The number of aliphatic hydroxyl groups excluding tert-OH is 1. The number of allylic oxidation sites excluding steroid dienone is 4. The molecule has 32 heavy (non-hydrogen) atoms. The summed E-state index contributed by atoms with van der Waals surface area (Å²) in [6, 6.07) is 0. The van der Waals surface area contributed by atoms with E-state index in [1.165, 1.54) is 13.0 Å². The number of hydrogen-bond acceptors (Lipinski definition) is 5. The standard InChI is InChI=1S/C21H22B5FO5/c1-16-5-4-11(28)13(22)14(16)19(23,24)7-10-9-3-6-18(31,15(30)21(25,26)32)17(9,2)8-12(29)20(10,16)27/h4-5,9-10,12,29,31-32H,3,6-8H2,1-2H3/t9-,10-,12-,16-,17-,18-,20-/m0/s1. The van der Waals surface area contributed by atoms with E-state index < -0.39 is 62.2 Å². The highest BCUT2D eigenvalue weighted by atomic mass is 19.1. The summed E-state index contributed by atoms with van der Waals surface area (Å²) in [5.41, 5.74) is -7.72. The summed E-state index contributed by atoms with van der Waals surface area (Å²) >= 11 is 0. The third kappa shape index (κ3) is 2.62. The fraction of sp³-hybridized carbons (Fsp3) is 0.714. The van der Waals surface area contributed by atoms with E-state index >= 15 is 4.39 Å². The summed E-state index contributed by atoms with van der Waals surface area (Å²) in [4.78, 5) is 25.1. The molecular formula is C21H22B5FO5. The molecule has 4 aliphatic carbocycles. The number of carbonyl (C=O) groups is 2. The van der Waals surface area contributed by atoms with Crippen LogP contribution in [0.1, 0.15) is 39.5 Å². The SMILES string of the molecule is [B]C1=C2C([B])([B])C[C@H]3[C@@H]4CC[C@](O)(C(=O)C([B])([B])O)[C@@]4(C)C[C@H](O)[C@]3(F)[C@@]2(C)C=CC1=O. The largest absolute Gasteiger partial charge is 0.402 e. The van der Waals surface area contributed by atoms with Crippen LogP contribution in [0.25, 0.3) is 0 Å². The monoisotopic (exact) mass is 428 g/mol. The zero-order chi connectivity index (χ0) is 24.3. The topological polar surface area (TPSA) is 94.8 Å². The first-order valence-corrected chi connectivity index (χ1v) is 10.6. The highest BCUT2D eigenvalue weighted by molar-refractivity contribution is 6.51. The second-order valence-corrected chi connectivity index (χ2v) is 10.6. The van der Waals surface area contributed by atoms with Gasteiger partial charge in [0.1, 0.15) is 29.1 Å². The van der Waals surface area contributed by atoms with E-state index in [1.54, 1.807) is 6.92 Å². The van der Waals surface area contributed by atoms with Crippen molar-refractivity contribution >= 4 is 50.8 Å². The molecule has 11 heteroatoms. The lowest BCUT2D eigenvalue weighted by atomic mass is 9.32. The Hall–Kier alpha value is -1.05. The van der Waals surface area contributed by atoms with Gasteiger partial charge in [-0.3, -0.25) is 9.59 Å². The molecule has 0 aromatic heterocycles. The Labute approximate surface area is 193 Å². The van der Waals surface area contributed by atoms with Gasteiger partial charge in [0.25, 0.3) is 0 Å². The summed E-state index contributed by atoms with van der Waals surface area (Å²) in [6.07, 6.45) is 0.344. The smallest absolute Gasteiger partial charge is 0.177 e. The molecular weight excluding hydrogens is 405 g/mol. The normalized spacial score (nSPS) is 47.6. The summed E-state index contributed by atoms with van der Waals surface area (Å²) in [5.74, 6) is -3.41. The van der Waals surface area contributed by atoms with E-state index in [0.717, 1.165) is 6.08 Å². The third-order valence-corrected chi connectivity index (χ3v) is 8.89. The number of halogens is 1. The van der Waals surface area contributed by atoms with E-state index in [1.807, 2.05) is 0 Å². The Balaban J connectivity index is 1.89. The van der Waals surface area contributed by atoms with Crippen LogP contribution in [0.4, 0.5) is 4.39 Å². The van der Waals surface area contributed by atoms with Gasteiger partial charge in [-0.1, -0.05) is 35.7 Å². The van der Waals surface area contributed by atoms with Crippen molar-refractivity contribution in [1.82, 2.24) is 0 Å². The molecule has 4 rings (SSSR count). The van der Waals surface area contributed by atoms with Crippen LogP contribution >= 0.6 is 0 Å². The fourth-order valence-corrected chi connectivity index (χ4v) is 7.39. The predicted molar refractivity (Wildman–Crippen MR) is 119 cm³/mol. The summed E-state index contributed by atoms with van der Waals surface area (Å²) in [5, 5.41) is 28.1. The van der Waals surface area contributed by atoms with Crippen molar-refractivity contribution in [1.29, 1.82) is 0 Å². The molecule has 0 spiro atoms. The number of carbonyl (C=O) groups excluding carboxylic acids is 2. The second kappa shape index (κ2) is 6.54. The zero-order valence-corrected chi connectivity index (χ0v) is 18.1. The molecule has 0 aromatic rings. The highest BCUT2D eigenvalue weighted by Crippen LogP contribution is 2.73. The quantitative estimate of drug-likeness (QED) is 0.502. The number of aliphatic hydroxyl groups is 3. The molecule has 0 heterocycles. The Bertz CT molecular complexity index is 976. The maximum Gasteiger partial charge on any atom is 0.177 e. The minimum atomic E-state index is -2.80. The number of Topliss-reactive ketones (excluding diaryl/α,β-unsaturated/α-hetero) is 1. The molecule has 4 aliphatic rings. The molecule has 7 atom stereocenters. The Morgan fingerprint density at radius 1 is 1.22 bits per heavy atom. The van der Waals surface area contributed by atoms with E-state index in [-0.39, 0.29) is 36.7 Å². The summed E-state index contributed by atoms with van der Waals surface area (Å²) in [7, 11) is 29.6. The Morgan fingerprint density at radius 2 is 1.81 bits per heavy atom. The molecule has 3 fully saturated rings. The lowest BCUT2D eigenvalue weighted by Crippen LogP contribution is -2.71. The molecule has 0 amide bonds. The first-order valence-electron chi connectivity index (χ1n) is 10.6. The molecule has 0 unspecified atom stereocenters. The van der Waals surface area contributed by atoms with Crippen LogP contribution in [-0.2, 0) is 9.59 Å². The average Bonchev–Trinajstić information content (AvgIpc) is 2.91. The summed E-state index contributed by atoms with van der Waals surface area (Å²) < 4.78 is 17.2. The average molecular weight is 427 g/mol. The van der Waals surface area contributed by atoms with Crippen LogP contribution in [0.3, 0.4) is 0 Å². The van der Waals surface area contributed by atoms with Crippen molar-refractivity contribution in [3.63, 3.8) is 0 Å². The maximum absolute atomic E-state index is 17.2. The molecule has 0 aromatic carbocycles. The van der Waals surface area contributed by atoms with Gasteiger partial charge in [0, 0.05) is 16.2 Å².